The molecule has 0 unspecified atom stereocenters. The minimum absolute atomic E-state index is 0.106. The first-order valence-corrected chi connectivity index (χ1v) is 11.9. The summed E-state index contributed by atoms with van der Waals surface area (Å²) < 4.78 is 27.2. The van der Waals surface area contributed by atoms with E-state index < -0.39 is 10.0 Å². The van der Waals surface area contributed by atoms with Gasteiger partial charge in [-0.1, -0.05) is 63.2 Å². The fourth-order valence-corrected chi connectivity index (χ4v) is 5.12. The molecule has 0 amide bonds. The highest BCUT2D eigenvalue weighted by Gasteiger charge is 2.29. The second kappa shape index (κ2) is 8.40. The Morgan fingerprint density at radius 1 is 0.839 bits per heavy atom. The highest BCUT2D eigenvalue weighted by Crippen LogP contribution is 2.26. The van der Waals surface area contributed by atoms with Crippen molar-refractivity contribution >= 4 is 16.0 Å². The molecule has 0 saturated carbocycles. The van der Waals surface area contributed by atoms with Crippen LogP contribution in [0.25, 0.3) is 11.3 Å². The summed E-state index contributed by atoms with van der Waals surface area (Å²) in [6.07, 6.45) is 1.77. The Morgan fingerprint density at radius 2 is 1.48 bits per heavy atom. The second-order valence-corrected chi connectivity index (χ2v) is 10.7. The summed E-state index contributed by atoms with van der Waals surface area (Å²) in [6.45, 7) is 8.51. The first-order chi connectivity index (χ1) is 14.7. The van der Waals surface area contributed by atoms with Gasteiger partial charge in [-0.15, -0.1) is 0 Å². The lowest BCUT2D eigenvalue weighted by Crippen LogP contribution is -2.49. The van der Waals surface area contributed by atoms with Crippen LogP contribution in [0.15, 0.2) is 71.8 Å². The van der Waals surface area contributed by atoms with Gasteiger partial charge in [0.1, 0.15) is 0 Å². The molecule has 0 atom stereocenters. The predicted molar refractivity (Wildman–Crippen MR) is 124 cm³/mol. The fraction of sp³-hybridized carbons (Fsp3) is 0.333. The molecule has 0 bridgehead atoms. The largest absolute Gasteiger partial charge is 0.338 e. The van der Waals surface area contributed by atoms with Gasteiger partial charge in [0.05, 0.1) is 10.6 Å². The summed E-state index contributed by atoms with van der Waals surface area (Å²) in [5, 5.41) is 0. The number of rotatable bonds is 4. The maximum Gasteiger partial charge on any atom is 0.243 e. The van der Waals surface area contributed by atoms with E-state index in [9.17, 15) is 8.42 Å². The standard InChI is InChI=1S/C24H28N4O2S/c1-24(2,3)20-11-9-19(10-12-20)22-13-14-25-23(26-22)27-15-17-28(18-16-27)31(29,30)21-7-5-4-6-8-21/h4-14H,15-18H2,1-3H3. The molecule has 0 radical (unpaired) electrons. The SMILES string of the molecule is CC(C)(C)c1ccc(-c2ccnc(N3CCN(S(=O)(=O)c4ccccc4)CC3)n2)cc1. The van der Waals surface area contributed by atoms with Crippen LogP contribution in [0.2, 0.25) is 0 Å². The van der Waals surface area contributed by atoms with Gasteiger partial charge in [0.15, 0.2) is 0 Å². The average molecular weight is 437 g/mol. The van der Waals surface area contributed by atoms with Gasteiger partial charge in [-0.3, -0.25) is 0 Å². The van der Waals surface area contributed by atoms with E-state index in [1.807, 2.05) is 17.0 Å². The molecule has 1 aromatic heterocycles. The Kier molecular flexibility index (Phi) is 5.81. The molecular weight excluding hydrogens is 408 g/mol. The van der Waals surface area contributed by atoms with E-state index in [4.69, 9.17) is 4.98 Å². The van der Waals surface area contributed by atoms with E-state index >= 15 is 0 Å². The summed E-state index contributed by atoms with van der Waals surface area (Å²) >= 11 is 0. The van der Waals surface area contributed by atoms with Gasteiger partial charge in [0, 0.05) is 37.9 Å². The van der Waals surface area contributed by atoms with E-state index in [-0.39, 0.29) is 5.41 Å². The Bertz CT molecular complexity index is 1130. The molecule has 1 saturated heterocycles. The number of benzene rings is 2. The molecule has 0 spiro atoms. The first kappa shape index (κ1) is 21.5. The van der Waals surface area contributed by atoms with Crippen molar-refractivity contribution in [2.75, 3.05) is 31.1 Å². The highest BCUT2D eigenvalue weighted by molar-refractivity contribution is 7.89. The van der Waals surface area contributed by atoms with E-state index in [1.54, 1.807) is 30.5 Å². The Hall–Kier alpha value is -2.77. The van der Waals surface area contributed by atoms with Crippen LogP contribution in [-0.2, 0) is 15.4 Å². The first-order valence-electron chi connectivity index (χ1n) is 10.5. The van der Waals surface area contributed by atoms with Crippen molar-refractivity contribution in [3.8, 4) is 11.3 Å². The molecule has 1 fully saturated rings. The molecular formula is C24H28N4O2S. The van der Waals surface area contributed by atoms with Crippen LogP contribution in [0.5, 0.6) is 0 Å². The van der Waals surface area contributed by atoms with Gasteiger partial charge in [-0.05, 0) is 29.2 Å². The van der Waals surface area contributed by atoms with Crippen molar-refractivity contribution in [1.82, 2.24) is 14.3 Å². The van der Waals surface area contributed by atoms with Gasteiger partial charge in [0.2, 0.25) is 16.0 Å². The topological polar surface area (TPSA) is 66.4 Å². The van der Waals surface area contributed by atoms with E-state index in [1.165, 1.54) is 9.87 Å². The molecule has 6 nitrogen and oxygen atoms in total. The van der Waals surface area contributed by atoms with Crippen LogP contribution in [0.1, 0.15) is 26.3 Å². The number of nitrogens with zero attached hydrogens (tertiary/aromatic N) is 4. The molecule has 1 aliphatic rings. The summed E-state index contributed by atoms with van der Waals surface area (Å²) in [4.78, 5) is 11.6. The minimum Gasteiger partial charge on any atom is -0.338 e. The van der Waals surface area contributed by atoms with Crippen molar-refractivity contribution in [3.05, 3.63) is 72.4 Å². The van der Waals surface area contributed by atoms with Gasteiger partial charge in [0.25, 0.3) is 0 Å². The number of sulfonamides is 1. The number of hydrogen-bond donors (Lipinski definition) is 0. The zero-order chi connectivity index (χ0) is 22.1. The zero-order valence-corrected chi connectivity index (χ0v) is 19.0. The van der Waals surface area contributed by atoms with E-state index in [0.29, 0.717) is 37.0 Å². The number of piperazine rings is 1. The molecule has 4 rings (SSSR count). The lowest BCUT2D eigenvalue weighted by atomic mass is 9.86. The minimum atomic E-state index is -3.47. The normalized spacial score (nSPS) is 15.8. The molecule has 2 aromatic carbocycles. The molecule has 7 heteroatoms. The molecule has 0 N–H and O–H groups in total. The third-order valence-electron chi connectivity index (χ3n) is 5.59. The third kappa shape index (κ3) is 4.62. The average Bonchev–Trinajstić information content (AvgIpc) is 2.79. The van der Waals surface area contributed by atoms with Crippen LogP contribution >= 0.6 is 0 Å². The lowest BCUT2D eigenvalue weighted by molar-refractivity contribution is 0.382. The summed E-state index contributed by atoms with van der Waals surface area (Å²) in [5.74, 6) is 0.633. The molecule has 0 aliphatic carbocycles. The molecule has 31 heavy (non-hydrogen) atoms. The molecule has 2 heterocycles. The van der Waals surface area contributed by atoms with Crippen molar-refractivity contribution in [1.29, 1.82) is 0 Å². The summed E-state index contributed by atoms with van der Waals surface area (Å²) in [7, 11) is -3.47. The van der Waals surface area contributed by atoms with E-state index in [2.05, 4.69) is 50.0 Å². The van der Waals surface area contributed by atoms with Crippen LogP contribution in [-0.4, -0.2) is 48.9 Å². The third-order valence-corrected chi connectivity index (χ3v) is 7.50. The zero-order valence-electron chi connectivity index (χ0n) is 18.2. The van der Waals surface area contributed by atoms with Crippen LogP contribution in [0.4, 0.5) is 5.95 Å². The predicted octanol–water partition coefficient (Wildman–Crippen LogP) is 3.95. The molecule has 162 valence electrons. The maximum atomic E-state index is 12.8. The summed E-state index contributed by atoms with van der Waals surface area (Å²) in [5.41, 5.74) is 3.29. The van der Waals surface area contributed by atoms with E-state index in [0.717, 1.165) is 11.3 Å². The highest BCUT2D eigenvalue weighted by atomic mass is 32.2. The number of anilines is 1. The van der Waals surface area contributed by atoms with Crippen molar-refractivity contribution in [3.63, 3.8) is 0 Å². The Morgan fingerprint density at radius 3 is 2.10 bits per heavy atom. The Labute approximate surface area is 184 Å². The maximum absolute atomic E-state index is 12.8. The summed E-state index contributed by atoms with van der Waals surface area (Å²) in [6, 6.07) is 19.0. The van der Waals surface area contributed by atoms with Crippen LogP contribution in [0.3, 0.4) is 0 Å². The quantitative estimate of drug-likeness (QED) is 0.620. The van der Waals surface area contributed by atoms with Gasteiger partial charge in [-0.2, -0.15) is 4.31 Å². The van der Waals surface area contributed by atoms with Crippen molar-refractivity contribution < 1.29 is 8.42 Å². The number of aromatic nitrogens is 2. The van der Waals surface area contributed by atoms with Gasteiger partial charge in [-0.25, -0.2) is 18.4 Å². The van der Waals surface area contributed by atoms with Crippen LogP contribution in [0, 0.1) is 0 Å². The molecule has 3 aromatic rings. The van der Waals surface area contributed by atoms with Crippen LogP contribution < -0.4 is 4.90 Å². The monoisotopic (exact) mass is 436 g/mol. The van der Waals surface area contributed by atoms with Gasteiger partial charge >= 0.3 is 0 Å². The lowest BCUT2D eigenvalue weighted by Gasteiger charge is -2.34. The smallest absolute Gasteiger partial charge is 0.243 e. The molecule has 1 aliphatic heterocycles. The fourth-order valence-electron chi connectivity index (χ4n) is 3.67. The second-order valence-electron chi connectivity index (χ2n) is 8.77. The number of hydrogen-bond acceptors (Lipinski definition) is 5. The van der Waals surface area contributed by atoms with Crippen molar-refractivity contribution in [2.24, 2.45) is 0 Å². The Balaban J connectivity index is 1.47. The van der Waals surface area contributed by atoms with Gasteiger partial charge < -0.3 is 4.90 Å². The van der Waals surface area contributed by atoms with Crippen molar-refractivity contribution in [2.45, 2.75) is 31.1 Å².